The summed E-state index contributed by atoms with van der Waals surface area (Å²) in [5.41, 5.74) is 3.14. The molecule has 1 aromatic carbocycles. The van der Waals surface area contributed by atoms with Crippen molar-refractivity contribution in [3.05, 3.63) is 72.2 Å². The molecular weight excluding hydrogens is 262 g/mol. The maximum Gasteiger partial charge on any atom is 0.137 e. The lowest BCUT2D eigenvalue weighted by molar-refractivity contribution is 0.265. The first kappa shape index (κ1) is 13.8. The highest BCUT2D eigenvalue weighted by atomic mass is 16.3. The second-order valence-electron chi connectivity index (χ2n) is 5.05. The maximum absolute atomic E-state index is 9.25. The van der Waals surface area contributed by atoms with E-state index in [-0.39, 0.29) is 12.6 Å². The normalized spacial score (nSPS) is 12.6. The molecule has 2 N–H and O–H groups in total. The molecule has 3 rings (SSSR count). The number of hydrogen-bond acceptors (Lipinski definition) is 3. The van der Waals surface area contributed by atoms with E-state index in [4.69, 9.17) is 0 Å². The zero-order chi connectivity index (χ0) is 14.5. The Morgan fingerprint density at radius 1 is 1.10 bits per heavy atom. The molecule has 0 unspecified atom stereocenters. The average molecular weight is 281 g/mol. The fraction of sp³-hybridized carbons (Fsp3) is 0.235. The minimum atomic E-state index is 0.140. The summed E-state index contributed by atoms with van der Waals surface area (Å²) in [4.78, 5) is 4.58. The number of fused-ring (bicyclic) bond motifs is 1. The first-order chi connectivity index (χ1) is 10.4. The van der Waals surface area contributed by atoms with Crippen molar-refractivity contribution < 1.29 is 5.11 Å². The number of nitrogens with zero attached hydrogens (tertiary/aromatic N) is 2. The number of pyridine rings is 1. The Balaban J connectivity index is 1.71. The molecule has 0 aliphatic carbocycles. The highest BCUT2D eigenvalue weighted by Crippen LogP contribution is 2.17. The van der Waals surface area contributed by atoms with Crippen LogP contribution in [0.25, 0.3) is 5.65 Å². The summed E-state index contributed by atoms with van der Waals surface area (Å²) in [6, 6.07) is 16.3. The standard InChI is InChI=1S/C17H19N3O/c21-11-9-16(14-6-2-1-3-7-14)18-12-15-13-20-10-5-4-8-17(20)19-15/h1-8,10,13,16,18,21H,9,11-12H2/t16-/m1/s1. The highest BCUT2D eigenvalue weighted by Gasteiger charge is 2.11. The van der Waals surface area contributed by atoms with E-state index in [1.807, 2.05) is 53.2 Å². The van der Waals surface area contributed by atoms with Crippen LogP contribution < -0.4 is 5.32 Å². The number of benzene rings is 1. The topological polar surface area (TPSA) is 49.6 Å². The molecule has 1 atom stereocenters. The van der Waals surface area contributed by atoms with Crippen LogP contribution in [0.2, 0.25) is 0 Å². The summed E-state index contributed by atoms with van der Waals surface area (Å²) in [5.74, 6) is 0. The predicted molar refractivity (Wildman–Crippen MR) is 82.9 cm³/mol. The number of aliphatic hydroxyl groups is 1. The first-order valence-corrected chi connectivity index (χ1v) is 7.18. The lowest BCUT2D eigenvalue weighted by Gasteiger charge is -2.17. The molecule has 3 aromatic rings. The maximum atomic E-state index is 9.25. The van der Waals surface area contributed by atoms with Crippen molar-refractivity contribution in [1.29, 1.82) is 0 Å². The Labute approximate surface area is 124 Å². The zero-order valence-electron chi connectivity index (χ0n) is 11.8. The SMILES string of the molecule is OCC[C@@H](NCc1cn2ccccc2n1)c1ccccc1. The molecule has 0 aliphatic rings. The van der Waals surface area contributed by atoms with Gasteiger partial charge in [0.2, 0.25) is 0 Å². The molecule has 0 saturated heterocycles. The van der Waals surface area contributed by atoms with E-state index in [1.165, 1.54) is 5.56 Å². The van der Waals surface area contributed by atoms with Crippen molar-refractivity contribution in [3.63, 3.8) is 0 Å². The van der Waals surface area contributed by atoms with Gasteiger partial charge < -0.3 is 14.8 Å². The molecule has 0 fully saturated rings. The van der Waals surface area contributed by atoms with Gasteiger partial charge in [-0.15, -0.1) is 0 Å². The molecule has 4 heteroatoms. The quantitative estimate of drug-likeness (QED) is 0.730. The van der Waals surface area contributed by atoms with Gasteiger partial charge in [-0.3, -0.25) is 0 Å². The van der Waals surface area contributed by atoms with Crippen LogP contribution in [-0.4, -0.2) is 21.1 Å². The minimum absolute atomic E-state index is 0.140. The Morgan fingerprint density at radius 3 is 2.67 bits per heavy atom. The van der Waals surface area contributed by atoms with Crippen molar-refractivity contribution >= 4 is 5.65 Å². The Hall–Kier alpha value is -2.17. The monoisotopic (exact) mass is 281 g/mol. The fourth-order valence-corrected chi connectivity index (χ4v) is 2.50. The number of rotatable bonds is 6. The van der Waals surface area contributed by atoms with Gasteiger partial charge in [0.15, 0.2) is 0 Å². The molecule has 108 valence electrons. The molecule has 0 bridgehead atoms. The van der Waals surface area contributed by atoms with Gasteiger partial charge in [-0.1, -0.05) is 36.4 Å². The molecule has 2 aromatic heterocycles. The van der Waals surface area contributed by atoms with E-state index in [0.717, 1.165) is 11.3 Å². The van der Waals surface area contributed by atoms with Crippen LogP contribution in [0.5, 0.6) is 0 Å². The Morgan fingerprint density at radius 2 is 1.90 bits per heavy atom. The van der Waals surface area contributed by atoms with Gasteiger partial charge in [-0.2, -0.15) is 0 Å². The van der Waals surface area contributed by atoms with E-state index in [1.54, 1.807) is 0 Å². The average Bonchev–Trinajstić information content (AvgIpc) is 2.95. The molecule has 0 amide bonds. The summed E-state index contributed by atoms with van der Waals surface area (Å²) in [5, 5.41) is 12.7. The summed E-state index contributed by atoms with van der Waals surface area (Å²) in [7, 11) is 0. The summed E-state index contributed by atoms with van der Waals surface area (Å²) < 4.78 is 2.01. The third-order valence-electron chi connectivity index (χ3n) is 3.56. The van der Waals surface area contributed by atoms with Crippen molar-refractivity contribution in [3.8, 4) is 0 Å². The Kier molecular flexibility index (Phi) is 4.28. The molecule has 0 aliphatic heterocycles. The molecule has 0 spiro atoms. The highest BCUT2D eigenvalue weighted by molar-refractivity contribution is 5.39. The van der Waals surface area contributed by atoms with Gasteiger partial charge in [0.1, 0.15) is 5.65 Å². The third-order valence-corrected chi connectivity index (χ3v) is 3.56. The molecule has 0 saturated carbocycles. The van der Waals surface area contributed by atoms with Gasteiger partial charge >= 0.3 is 0 Å². The zero-order valence-corrected chi connectivity index (χ0v) is 11.8. The van der Waals surface area contributed by atoms with Crippen LogP contribution in [0.4, 0.5) is 0 Å². The van der Waals surface area contributed by atoms with Crippen LogP contribution in [0.15, 0.2) is 60.9 Å². The molecule has 0 radical (unpaired) electrons. The van der Waals surface area contributed by atoms with Gasteiger partial charge in [0.25, 0.3) is 0 Å². The minimum Gasteiger partial charge on any atom is -0.396 e. The van der Waals surface area contributed by atoms with E-state index >= 15 is 0 Å². The molecule has 2 heterocycles. The van der Waals surface area contributed by atoms with Gasteiger partial charge in [-0.05, 0) is 24.1 Å². The number of aliphatic hydroxyl groups excluding tert-OH is 1. The van der Waals surface area contributed by atoms with E-state index in [9.17, 15) is 5.11 Å². The van der Waals surface area contributed by atoms with Crippen LogP contribution in [0.3, 0.4) is 0 Å². The first-order valence-electron chi connectivity index (χ1n) is 7.18. The van der Waals surface area contributed by atoms with Gasteiger partial charge in [0, 0.05) is 31.6 Å². The number of hydrogen-bond donors (Lipinski definition) is 2. The van der Waals surface area contributed by atoms with Crippen LogP contribution >= 0.6 is 0 Å². The van der Waals surface area contributed by atoms with Crippen molar-refractivity contribution in [2.75, 3.05) is 6.61 Å². The van der Waals surface area contributed by atoms with Crippen molar-refractivity contribution in [2.24, 2.45) is 0 Å². The summed E-state index contributed by atoms with van der Waals surface area (Å²) >= 11 is 0. The smallest absolute Gasteiger partial charge is 0.137 e. The fourth-order valence-electron chi connectivity index (χ4n) is 2.50. The van der Waals surface area contributed by atoms with Crippen molar-refractivity contribution in [2.45, 2.75) is 19.0 Å². The second kappa shape index (κ2) is 6.52. The second-order valence-corrected chi connectivity index (χ2v) is 5.05. The Bertz CT molecular complexity index is 660. The summed E-state index contributed by atoms with van der Waals surface area (Å²) in [6.07, 6.45) is 4.72. The van der Waals surface area contributed by atoms with E-state index in [2.05, 4.69) is 22.4 Å². The van der Waals surface area contributed by atoms with Crippen LogP contribution in [0.1, 0.15) is 23.7 Å². The number of aromatic nitrogens is 2. The van der Waals surface area contributed by atoms with Gasteiger partial charge in [-0.25, -0.2) is 4.98 Å². The van der Waals surface area contributed by atoms with E-state index < -0.39 is 0 Å². The van der Waals surface area contributed by atoms with Crippen LogP contribution in [0, 0.1) is 0 Å². The molecular formula is C17H19N3O. The van der Waals surface area contributed by atoms with Crippen molar-refractivity contribution in [1.82, 2.24) is 14.7 Å². The molecule has 21 heavy (non-hydrogen) atoms. The number of nitrogens with one attached hydrogen (secondary N) is 1. The lowest BCUT2D eigenvalue weighted by atomic mass is 10.0. The largest absolute Gasteiger partial charge is 0.396 e. The van der Waals surface area contributed by atoms with E-state index in [0.29, 0.717) is 13.0 Å². The van der Waals surface area contributed by atoms with Crippen LogP contribution in [-0.2, 0) is 6.54 Å². The van der Waals surface area contributed by atoms with Gasteiger partial charge in [0.05, 0.1) is 5.69 Å². The number of imidazole rings is 1. The third kappa shape index (κ3) is 3.29. The lowest BCUT2D eigenvalue weighted by Crippen LogP contribution is -2.22. The molecule has 4 nitrogen and oxygen atoms in total. The predicted octanol–water partition coefficient (Wildman–Crippen LogP) is 2.55. The summed E-state index contributed by atoms with van der Waals surface area (Å²) in [6.45, 7) is 0.846.